The van der Waals surface area contributed by atoms with E-state index in [9.17, 15) is 4.79 Å². The van der Waals surface area contributed by atoms with Gasteiger partial charge in [-0.2, -0.15) is 0 Å². The van der Waals surface area contributed by atoms with E-state index in [1.165, 1.54) is 24.4 Å². The Morgan fingerprint density at radius 2 is 2.00 bits per heavy atom. The number of nitrogens with zero attached hydrogens (tertiary/aromatic N) is 3. The van der Waals surface area contributed by atoms with Crippen molar-refractivity contribution in [2.75, 3.05) is 12.9 Å². The van der Waals surface area contributed by atoms with Gasteiger partial charge in [-0.3, -0.25) is 4.79 Å². The number of rotatable bonds is 6. The lowest BCUT2D eigenvalue weighted by Gasteiger charge is -2.06. The van der Waals surface area contributed by atoms with E-state index in [2.05, 4.69) is 14.9 Å². The van der Waals surface area contributed by atoms with Crippen LogP contribution in [0.3, 0.4) is 0 Å². The van der Waals surface area contributed by atoms with Gasteiger partial charge in [-0.05, 0) is 19.1 Å². The van der Waals surface area contributed by atoms with Crippen LogP contribution in [0.5, 0.6) is 5.75 Å². The van der Waals surface area contributed by atoms with Gasteiger partial charge in [0.2, 0.25) is 0 Å². The van der Waals surface area contributed by atoms with E-state index >= 15 is 0 Å². The average molecular weight is 307 g/mol. The van der Waals surface area contributed by atoms with Crippen molar-refractivity contribution in [3.8, 4) is 5.75 Å². The molecule has 7 heteroatoms. The SMILES string of the molecule is COC(=O)CSc1nnc(COc2ccc(C)cc2)n1C. The number of aromatic nitrogens is 3. The van der Waals surface area contributed by atoms with Gasteiger partial charge in [-0.1, -0.05) is 29.5 Å². The number of esters is 1. The van der Waals surface area contributed by atoms with Gasteiger partial charge < -0.3 is 14.0 Å². The van der Waals surface area contributed by atoms with Crippen molar-refractivity contribution in [1.29, 1.82) is 0 Å². The van der Waals surface area contributed by atoms with Crippen molar-refractivity contribution in [1.82, 2.24) is 14.8 Å². The van der Waals surface area contributed by atoms with Crippen LogP contribution in [0, 0.1) is 6.92 Å². The zero-order valence-electron chi connectivity index (χ0n) is 12.2. The van der Waals surface area contributed by atoms with E-state index in [4.69, 9.17) is 4.74 Å². The molecule has 0 fully saturated rings. The fraction of sp³-hybridized carbons (Fsp3) is 0.357. The Morgan fingerprint density at radius 3 is 2.67 bits per heavy atom. The summed E-state index contributed by atoms with van der Waals surface area (Å²) in [6.07, 6.45) is 0. The number of thioether (sulfide) groups is 1. The molecule has 6 nitrogen and oxygen atoms in total. The first kappa shape index (κ1) is 15.4. The van der Waals surface area contributed by atoms with Crippen molar-refractivity contribution < 1.29 is 14.3 Å². The minimum Gasteiger partial charge on any atom is -0.486 e. The molecule has 0 bridgehead atoms. The van der Waals surface area contributed by atoms with Gasteiger partial charge in [-0.25, -0.2) is 0 Å². The van der Waals surface area contributed by atoms with E-state index in [1.807, 2.05) is 42.8 Å². The maximum Gasteiger partial charge on any atom is 0.316 e. The molecule has 0 aliphatic carbocycles. The monoisotopic (exact) mass is 307 g/mol. The molecular weight excluding hydrogens is 290 g/mol. The third-order valence-electron chi connectivity index (χ3n) is 2.86. The van der Waals surface area contributed by atoms with Crippen LogP contribution in [0.2, 0.25) is 0 Å². The number of hydrogen-bond acceptors (Lipinski definition) is 6. The van der Waals surface area contributed by atoms with E-state index in [0.29, 0.717) is 17.6 Å². The molecular formula is C14H17N3O3S. The number of carbonyl (C=O) groups is 1. The predicted molar refractivity (Wildman–Crippen MR) is 79.3 cm³/mol. The minimum atomic E-state index is -0.291. The molecule has 0 atom stereocenters. The summed E-state index contributed by atoms with van der Waals surface area (Å²) in [4.78, 5) is 11.1. The highest BCUT2D eigenvalue weighted by Gasteiger charge is 2.12. The van der Waals surface area contributed by atoms with E-state index < -0.39 is 0 Å². The molecule has 0 spiro atoms. The van der Waals surface area contributed by atoms with Gasteiger partial charge in [0.1, 0.15) is 12.4 Å². The smallest absolute Gasteiger partial charge is 0.316 e. The molecule has 112 valence electrons. The molecule has 1 aromatic heterocycles. The number of ether oxygens (including phenoxy) is 2. The van der Waals surface area contributed by atoms with Gasteiger partial charge >= 0.3 is 5.97 Å². The first-order valence-electron chi connectivity index (χ1n) is 6.37. The van der Waals surface area contributed by atoms with Crippen molar-refractivity contribution in [3.63, 3.8) is 0 Å². The van der Waals surface area contributed by atoms with Crippen LogP contribution in [0.25, 0.3) is 0 Å². The Kier molecular flexibility index (Phi) is 5.21. The number of hydrogen-bond donors (Lipinski definition) is 0. The zero-order valence-corrected chi connectivity index (χ0v) is 13.0. The first-order chi connectivity index (χ1) is 10.1. The highest BCUT2D eigenvalue weighted by Crippen LogP contribution is 2.17. The number of benzene rings is 1. The van der Waals surface area contributed by atoms with Crippen LogP contribution in [-0.2, 0) is 23.2 Å². The summed E-state index contributed by atoms with van der Waals surface area (Å²) in [5.74, 6) is 1.40. The molecule has 0 aliphatic heterocycles. The lowest BCUT2D eigenvalue weighted by atomic mass is 10.2. The molecule has 0 unspecified atom stereocenters. The van der Waals surface area contributed by atoms with Crippen LogP contribution in [0.1, 0.15) is 11.4 Å². The Bertz CT molecular complexity index is 610. The molecule has 0 N–H and O–H groups in total. The second kappa shape index (κ2) is 7.12. The van der Waals surface area contributed by atoms with Crippen LogP contribution in [0.15, 0.2) is 29.4 Å². The minimum absolute atomic E-state index is 0.210. The fourth-order valence-electron chi connectivity index (χ4n) is 1.56. The van der Waals surface area contributed by atoms with Gasteiger partial charge in [-0.15, -0.1) is 10.2 Å². The van der Waals surface area contributed by atoms with Crippen molar-refractivity contribution in [2.24, 2.45) is 7.05 Å². The predicted octanol–water partition coefficient (Wildman–Crippen LogP) is 1.97. The summed E-state index contributed by atoms with van der Waals surface area (Å²) in [6.45, 7) is 2.35. The van der Waals surface area contributed by atoms with Gasteiger partial charge in [0.05, 0.1) is 12.9 Å². The summed E-state index contributed by atoms with van der Waals surface area (Å²) < 4.78 is 12.1. The average Bonchev–Trinajstić information content (AvgIpc) is 2.85. The Hall–Kier alpha value is -2.02. The number of methoxy groups -OCH3 is 1. The van der Waals surface area contributed by atoms with Crippen LogP contribution >= 0.6 is 11.8 Å². The fourth-order valence-corrected chi connectivity index (χ4v) is 2.32. The summed E-state index contributed by atoms with van der Waals surface area (Å²) in [5, 5.41) is 8.76. The molecule has 0 amide bonds. The molecule has 2 aromatic rings. The largest absolute Gasteiger partial charge is 0.486 e. The Labute approximate surface area is 127 Å². The maximum atomic E-state index is 11.1. The highest BCUT2D eigenvalue weighted by molar-refractivity contribution is 7.99. The van der Waals surface area contributed by atoms with Gasteiger partial charge in [0.15, 0.2) is 11.0 Å². The normalized spacial score (nSPS) is 10.4. The van der Waals surface area contributed by atoms with E-state index in [0.717, 1.165) is 5.75 Å². The lowest BCUT2D eigenvalue weighted by molar-refractivity contribution is -0.137. The van der Waals surface area contributed by atoms with E-state index in [1.54, 1.807) is 0 Å². The Morgan fingerprint density at radius 1 is 1.29 bits per heavy atom. The van der Waals surface area contributed by atoms with Crippen LogP contribution < -0.4 is 4.74 Å². The zero-order chi connectivity index (χ0) is 15.2. The summed E-state index contributed by atoms with van der Waals surface area (Å²) >= 11 is 1.28. The van der Waals surface area contributed by atoms with Crippen LogP contribution in [-0.4, -0.2) is 33.6 Å². The molecule has 0 aliphatic rings. The van der Waals surface area contributed by atoms with Gasteiger partial charge in [0.25, 0.3) is 0 Å². The number of carbonyl (C=O) groups excluding carboxylic acids is 1. The molecule has 1 heterocycles. The quantitative estimate of drug-likeness (QED) is 0.600. The second-order valence-corrected chi connectivity index (χ2v) is 5.37. The standard InChI is InChI=1S/C14H17N3O3S/c1-10-4-6-11(7-5-10)20-8-12-15-16-14(17(12)2)21-9-13(18)19-3/h4-7H,8-9H2,1-3H3. The molecule has 21 heavy (non-hydrogen) atoms. The van der Waals surface area contributed by atoms with Gasteiger partial charge in [0, 0.05) is 7.05 Å². The third-order valence-corrected chi connectivity index (χ3v) is 3.85. The molecule has 2 rings (SSSR count). The molecule has 1 aromatic carbocycles. The summed E-state index contributed by atoms with van der Waals surface area (Å²) in [5.41, 5.74) is 1.18. The summed E-state index contributed by atoms with van der Waals surface area (Å²) in [7, 11) is 3.20. The second-order valence-electron chi connectivity index (χ2n) is 4.42. The number of aryl methyl sites for hydroxylation is 1. The maximum absolute atomic E-state index is 11.1. The highest BCUT2D eigenvalue weighted by atomic mass is 32.2. The van der Waals surface area contributed by atoms with Crippen molar-refractivity contribution in [3.05, 3.63) is 35.7 Å². The third kappa shape index (κ3) is 4.22. The van der Waals surface area contributed by atoms with E-state index in [-0.39, 0.29) is 11.7 Å². The van der Waals surface area contributed by atoms with Crippen molar-refractivity contribution in [2.45, 2.75) is 18.7 Å². The summed E-state index contributed by atoms with van der Waals surface area (Å²) in [6, 6.07) is 7.81. The van der Waals surface area contributed by atoms with Crippen molar-refractivity contribution >= 4 is 17.7 Å². The topological polar surface area (TPSA) is 66.2 Å². The Balaban J connectivity index is 1.93. The molecule has 0 radical (unpaired) electrons. The molecule has 0 saturated heterocycles. The van der Waals surface area contributed by atoms with Crippen LogP contribution in [0.4, 0.5) is 0 Å². The first-order valence-corrected chi connectivity index (χ1v) is 7.36. The molecule has 0 saturated carbocycles. The lowest BCUT2D eigenvalue weighted by Crippen LogP contribution is -2.06.